The number of anilines is 2. The van der Waals surface area contributed by atoms with Gasteiger partial charge in [0.1, 0.15) is 0 Å². The first-order valence-corrected chi connectivity index (χ1v) is 15.9. The molecule has 1 heterocycles. The van der Waals surface area contributed by atoms with Gasteiger partial charge >= 0.3 is 0 Å². The summed E-state index contributed by atoms with van der Waals surface area (Å²) in [7, 11) is -3.43. The lowest BCUT2D eigenvalue weighted by Gasteiger charge is -2.47. The molecule has 0 spiro atoms. The molecule has 2 aliphatic rings. The van der Waals surface area contributed by atoms with Gasteiger partial charge in [-0.3, -0.25) is 9.10 Å². The van der Waals surface area contributed by atoms with Crippen molar-refractivity contribution in [3.05, 3.63) is 59.7 Å². The minimum Gasteiger partial charge on any atom is -0.390 e. The van der Waals surface area contributed by atoms with Crippen LogP contribution in [0, 0.1) is 5.92 Å². The van der Waals surface area contributed by atoms with Gasteiger partial charge < -0.3 is 21.1 Å². The molecule has 0 aromatic heterocycles. The number of aliphatic hydroxyl groups excluding tert-OH is 1. The fourth-order valence-electron chi connectivity index (χ4n) is 5.64. The summed E-state index contributed by atoms with van der Waals surface area (Å²) in [6, 6.07) is 14.5. The van der Waals surface area contributed by atoms with Gasteiger partial charge in [-0.25, -0.2) is 8.42 Å². The van der Waals surface area contributed by atoms with Crippen LogP contribution >= 0.6 is 12.4 Å². The van der Waals surface area contributed by atoms with Gasteiger partial charge in [0.15, 0.2) is 0 Å². The zero-order chi connectivity index (χ0) is 28.0. The summed E-state index contributed by atoms with van der Waals surface area (Å²) in [4.78, 5) is 13.6. The number of amides is 1. The molecule has 40 heavy (non-hydrogen) atoms. The van der Waals surface area contributed by atoms with Crippen molar-refractivity contribution in [3.63, 3.8) is 0 Å². The fourth-order valence-corrected chi connectivity index (χ4v) is 7.26. The van der Waals surface area contributed by atoms with Crippen molar-refractivity contribution in [1.82, 2.24) is 10.6 Å². The number of nitrogens with zero attached hydrogens (tertiary/aromatic N) is 1. The van der Waals surface area contributed by atoms with E-state index in [2.05, 4.69) is 29.8 Å². The van der Waals surface area contributed by atoms with Crippen molar-refractivity contribution >= 4 is 39.7 Å². The van der Waals surface area contributed by atoms with Gasteiger partial charge in [-0.05, 0) is 75.1 Å². The van der Waals surface area contributed by atoms with Crippen LogP contribution in [0.3, 0.4) is 0 Å². The average Bonchev–Trinajstić information content (AvgIpc) is 2.87. The van der Waals surface area contributed by atoms with E-state index in [0.717, 1.165) is 24.8 Å². The van der Waals surface area contributed by atoms with Crippen LogP contribution in [0.25, 0.3) is 0 Å². The molecule has 4 N–H and O–H groups in total. The molecule has 8 nitrogen and oxygen atoms in total. The smallest absolute Gasteiger partial charge is 0.251 e. The highest BCUT2D eigenvalue weighted by molar-refractivity contribution is 7.92. The quantitative estimate of drug-likeness (QED) is 0.292. The first-order valence-electron chi connectivity index (χ1n) is 14.3. The van der Waals surface area contributed by atoms with E-state index in [1.807, 2.05) is 37.3 Å². The molecule has 0 bridgehead atoms. The predicted molar refractivity (Wildman–Crippen MR) is 165 cm³/mol. The van der Waals surface area contributed by atoms with Crippen LogP contribution in [-0.2, 0) is 16.4 Å². The maximum Gasteiger partial charge on any atom is 0.251 e. The number of β-amino-alcohol motifs (C(OH)–C–C–N with tert-alkyl or cyclic N) is 1. The summed E-state index contributed by atoms with van der Waals surface area (Å²) in [6.45, 7) is 7.78. The molecule has 1 aliphatic carbocycles. The van der Waals surface area contributed by atoms with Gasteiger partial charge in [-0.1, -0.05) is 44.2 Å². The molecule has 1 aliphatic heterocycles. The van der Waals surface area contributed by atoms with Gasteiger partial charge in [-0.2, -0.15) is 0 Å². The van der Waals surface area contributed by atoms with Crippen molar-refractivity contribution < 1.29 is 18.3 Å². The van der Waals surface area contributed by atoms with Gasteiger partial charge in [0.05, 0.1) is 23.6 Å². The largest absolute Gasteiger partial charge is 0.390 e. The number of rotatable bonds is 12. The minimum absolute atomic E-state index is 0. The van der Waals surface area contributed by atoms with E-state index in [4.69, 9.17) is 0 Å². The van der Waals surface area contributed by atoms with E-state index in [1.165, 1.54) is 10.7 Å². The molecule has 4 rings (SSSR count). The van der Waals surface area contributed by atoms with Crippen molar-refractivity contribution in [1.29, 1.82) is 0 Å². The first kappa shape index (κ1) is 32.2. The summed E-state index contributed by atoms with van der Waals surface area (Å²) in [5, 5.41) is 21.2. The summed E-state index contributed by atoms with van der Waals surface area (Å²) in [6.07, 6.45) is 4.46. The number of hydrogen-bond acceptors (Lipinski definition) is 6. The van der Waals surface area contributed by atoms with Gasteiger partial charge in [0.25, 0.3) is 5.91 Å². The number of carbonyl (C=O) groups is 1. The molecule has 2 aromatic rings. The molecule has 222 valence electrons. The highest BCUT2D eigenvalue weighted by Crippen LogP contribution is 2.38. The summed E-state index contributed by atoms with van der Waals surface area (Å²) < 4.78 is 27.0. The lowest BCUT2D eigenvalue weighted by Crippen LogP contribution is -2.59. The molecule has 1 amide bonds. The molecule has 2 aromatic carbocycles. The molecular formula is C30H45ClN4O4S. The summed E-state index contributed by atoms with van der Waals surface area (Å²) in [5.74, 6) is 0.224. The molecule has 1 saturated heterocycles. The highest BCUT2D eigenvalue weighted by Gasteiger charge is 2.40. The van der Waals surface area contributed by atoms with Crippen LogP contribution in [0.2, 0.25) is 0 Å². The van der Waals surface area contributed by atoms with E-state index < -0.39 is 22.2 Å². The number of halogens is 1. The second kappa shape index (κ2) is 14.0. The van der Waals surface area contributed by atoms with Crippen LogP contribution in [0.1, 0.15) is 68.8 Å². The van der Waals surface area contributed by atoms with Crippen molar-refractivity contribution in [2.75, 3.05) is 35.0 Å². The van der Waals surface area contributed by atoms with Gasteiger partial charge in [0, 0.05) is 36.4 Å². The third-order valence-corrected chi connectivity index (χ3v) is 10.2. The Morgan fingerprint density at radius 2 is 1.80 bits per heavy atom. The molecule has 1 saturated carbocycles. The number of aliphatic hydroxyl groups is 1. The van der Waals surface area contributed by atoms with Crippen LogP contribution < -0.4 is 20.3 Å². The molecular weight excluding hydrogens is 548 g/mol. The topological polar surface area (TPSA) is 111 Å². The third-order valence-electron chi connectivity index (χ3n) is 8.29. The maximum atomic E-state index is 13.6. The van der Waals surface area contributed by atoms with E-state index in [0.29, 0.717) is 55.3 Å². The van der Waals surface area contributed by atoms with Gasteiger partial charge in [0.2, 0.25) is 10.0 Å². The average molecular weight is 593 g/mol. The SMILES string of the molecule is CCNc1cc(C(=O)N[C@@H](Cc2ccccc2)[C@H](O)CNC2(C(C)C)CCC2)cc(N2CCCCS2(=O)=O)c1.Cl. The fraction of sp³-hybridized carbons (Fsp3) is 0.567. The predicted octanol–water partition coefficient (Wildman–Crippen LogP) is 4.34. The third kappa shape index (κ3) is 7.69. The molecule has 2 fully saturated rings. The van der Waals surface area contributed by atoms with Gasteiger partial charge in [-0.15, -0.1) is 12.4 Å². The number of nitrogens with one attached hydrogen (secondary N) is 3. The Morgan fingerprint density at radius 3 is 2.40 bits per heavy atom. The van der Waals surface area contributed by atoms with E-state index in [1.54, 1.807) is 18.2 Å². The Labute approximate surface area is 245 Å². The minimum atomic E-state index is -3.43. The van der Waals surface area contributed by atoms with Crippen LogP contribution in [0.15, 0.2) is 48.5 Å². The zero-order valence-electron chi connectivity index (χ0n) is 23.9. The first-order chi connectivity index (χ1) is 18.6. The van der Waals surface area contributed by atoms with Crippen molar-refractivity contribution in [2.24, 2.45) is 5.92 Å². The Kier molecular flexibility index (Phi) is 11.3. The number of hydrogen-bond donors (Lipinski definition) is 4. The second-order valence-electron chi connectivity index (χ2n) is 11.3. The normalized spacial score (nSPS) is 19.2. The molecule has 0 unspecified atom stereocenters. The van der Waals surface area contributed by atoms with E-state index in [9.17, 15) is 18.3 Å². The second-order valence-corrected chi connectivity index (χ2v) is 13.3. The molecule has 2 atom stereocenters. The number of benzene rings is 2. The summed E-state index contributed by atoms with van der Waals surface area (Å²) in [5.41, 5.74) is 2.60. The van der Waals surface area contributed by atoms with Crippen molar-refractivity contribution in [2.45, 2.75) is 77.0 Å². The lowest BCUT2D eigenvalue weighted by atomic mass is 9.69. The monoisotopic (exact) mass is 592 g/mol. The van der Waals surface area contributed by atoms with E-state index >= 15 is 0 Å². The zero-order valence-corrected chi connectivity index (χ0v) is 25.5. The highest BCUT2D eigenvalue weighted by atomic mass is 35.5. The molecule has 10 heteroatoms. The molecule has 0 radical (unpaired) electrons. The Morgan fingerprint density at radius 1 is 1.07 bits per heavy atom. The van der Waals surface area contributed by atoms with Crippen LogP contribution in [0.4, 0.5) is 11.4 Å². The lowest BCUT2D eigenvalue weighted by molar-refractivity contribution is 0.0654. The number of carbonyl (C=O) groups excluding carboxylic acids is 1. The Balaban J connectivity index is 0.00000441. The van der Waals surface area contributed by atoms with E-state index in [-0.39, 0.29) is 29.6 Å². The standard InChI is InChI=1S/C30H44N4O4S.ClH/c1-4-31-25-18-24(19-26(20-25)34-15-8-9-16-39(34,37)38)29(36)33-27(17-23-11-6-5-7-12-23)28(35)21-32-30(22(2)3)13-10-14-30;/h5-7,11-12,18-20,22,27-28,31-32,35H,4,8-10,13-17,21H2,1-3H3,(H,33,36);1H/t27-,28+;/m0./s1. The Hall–Kier alpha value is -2.33. The Bertz CT molecular complexity index is 1220. The van der Waals surface area contributed by atoms with Crippen molar-refractivity contribution in [3.8, 4) is 0 Å². The number of sulfonamides is 1. The summed E-state index contributed by atoms with van der Waals surface area (Å²) >= 11 is 0. The maximum absolute atomic E-state index is 13.6. The van der Waals surface area contributed by atoms with Crippen LogP contribution in [-0.4, -0.2) is 62.5 Å². The van der Waals surface area contributed by atoms with Crippen LogP contribution in [0.5, 0.6) is 0 Å².